The first-order chi connectivity index (χ1) is 6.81. The lowest BCUT2D eigenvalue weighted by Crippen LogP contribution is -2.11. The molecule has 1 N–H and O–H groups in total. The van der Waals surface area contributed by atoms with Crippen molar-refractivity contribution in [1.82, 2.24) is 15.5 Å². The molecule has 0 spiro atoms. The lowest BCUT2D eigenvalue weighted by Gasteiger charge is -2.04. The van der Waals surface area contributed by atoms with Gasteiger partial charge in [-0.2, -0.15) is 4.98 Å². The van der Waals surface area contributed by atoms with Crippen molar-refractivity contribution in [3.63, 3.8) is 0 Å². The Balaban J connectivity index is 2.57. The van der Waals surface area contributed by atoms with Crippen LogP contribution in [0.5, 0.6) is 0 Å². The molecular formula is C10H19N3O. The summed E-state index contributed by atoms with van der Waals surface area (Å²) in [7, 11) is 1.92. The molecule has 0 aromatic carbocycles. The van der Waals surface area contributed by atoms with Crippen molar-refractivity contribution in [3.8, 4) is 0 Å². The highest BCUT2D eigenvalue weighted by atomic mass is 16.5. The summed E-state index contributed by atoms with van der Waals surface area (Å²) < 4.78 is 5.22. The molecule has 0 atom stereocenters. The number of rotatable bonds is 6. The van der Waals surface area contributed by atoms with Crippen LogP contribution < -0.4 is 5.32 Å². The highest BCUT2D eigenvalue weighted by Crippen LogP contribution is 2.20. The fourth-order valence-electron chi connectivity index (χ4n) is 1.41. The summed E-state index contributed by atoms with van der Waals surface area (Å²) in [6.07, 6.45) is 2.95. The van der Waals surface area contributed by atoms with Gasteiger partial charge in [0.1, 0.15) is 0 Å². The number of hydrogen-bond acceptors (Lipinski definition) is 4. The molecule has 0 saturated heterocycles. The molecule has 0 bridgehead atoms. The summed E-state index contributed by atoms with van der Waals surface area (Å²) in [6.45, 7) is 5.18. The van der Waals surface area contributed by atoms with Crippen LogP contribution in [0.2, 0.25) is 0 Å². The van der Waals surface area contributed by atoms with Gasteiger partial charge >= 0.3 is 0 Å². The maximum absolute atomic E-state index is 5.22. The molecule has 1 rings (SSSR count). The first-order valence-electron chi connectivity index (χ1n) is 5.28. The molecule has 0 unspecified atom stereocenters. The van der Waals surface area contributed by atoms with Crippen molar-refractivity contribution in [3.05, 3.63) is 11.7 Å². The van der Waals surface area contributed by atoms with Crippen molar-refractivity contribution < 1.29 is 4.52 Å². The molecule has 4 heteroatoms. The zero-order valence-corrected chi connectivity index (χ0v) is 9.21. The summed E-state index contributed by atoms with van der Waals surface area (Å²) in [6, 6.07) is 0. The molecule has 0 amide bonds. The second-order valence-corrected chi connectivity index (χ2v) is 3.42. The maximum Gasteiger partial charge on any atom is 0.229 e. The molecule has 80 valence electrons. The average molecular weight is 197 g/mol. The normalized spacial score (nSPS) is 11.1. The van der Waals surface area contributed by atoms with E-state index in [1.54, 1.807) is 0 Å². The van der Waals surface area contributed by atoms with E-state index < -0.39 is 0 Å². The van der Waals surface area contributed by atoms with Gasteiger partial charge in [0.2, 0.25) is 5.89 Å². The third-order valence-electron chi connectivity index (χ3n) is 2.42. The SMILES string of the molecule is CCC(CC)c1nc(CCNC)no1. The van der Waals surface area contributed by atoms with Crippen LogP contribution in [-0.4, -0.2) is 23.7 Å². The van der Waals surface area contributed by atoms with Crippen LogP contribution in [0, 0.1) is 0 Å². The summed E-state index contributed by atoms with van der Waals surface area (Å²) in [4.78, 5) is 4.37. The largest absolute Gasteiger partial charge is 0.339 e. The number of hydrogen-bond donors (Lipinski definition) is 1. The zero-order valence-electron chi connectivity index (χ0n) is 9.21. The third-order valence-corrected chi connectivity index (χ3v) is 2.42. The van der Waals surface area contributed by atoms with E-state index in [4.69, 9.17) is 4.52 Å². The second-order valence-electron chi connectivity index (χ2n) is 3.42. The Bertz CT molecular complexity index is 256. The fraction of sp³-hybridized carbons (Fsp3) is 0.800. The first-order valence-corrected chi connectivity index (χ1v) is 5.28. The van der Waals surface area contributed by atoms with Crippen LogP contribution in [0.25, 0.3) is 0 Å². The molecule has 0 aliphatic rings. The minimum Gasteiger partial charge on any atom is -0.339 e. The highest BCUT2D eigenvalue weighted by molar-refractivity contribution is 4.93. The monoisotopic (exact) mass is 197 g/mol. The Morgan fingerprint density at radius 3 is 2.64 bits per heavy atom. The first kappa shape index (κ1) is 11.2. The highest BCUT2D eigenvalue weighted by Gasteiger charge is 2.14. The van der Waals surface area contributed by atoms with Gasteiger partial charge in [0, 0.05) is 18.9 Å². The van der Waals surface area contributed by atoms with E-state index in [0.29, 0.717) is 5.92 Å². The molecule has 0 saturated carbocycles. The summed E-state index contributed by atoms with van der Waals surface area (Å²) >= 11 is 0. The third kappa shape index (κ3) is 2.80. The van der Waals surface area contributed by atoms with Crippen LogP contribution in [0.15, 0.2) is 4.52 Å². The van der Waals surface area contributed by atoms with Crippen molar-refractivity contribution in [1.29, 1.82) is 0 Å². The van der Waals surface area contributed by atoms with E-state index in [0.717, 1.165) is 37.5 Å². The molecule has 0 aliphatic carbocycles. The zero-order chi connectivity index (χ0) is 10.4. The molecule has 0 aliphatic heterocycles. The van der Waals surface area contributed by atoms with Crippen molar-refractivity contribution in [2.75, 3.05) is 13.6 Å². The molecular weight excluding hydrogens is 178 g/mol. The number of nitrogens with zero attached hydrogens (tertiary/aromatic N) is 2. The molecule has 4 nitrogen and oxygen atoms in total. The Kier molecular flexibility index (Phi) is 4.59. The van der Waals surface area contributed by atoms with E-state index in [1.807, 2.05) is 7.05 Å². The molecule has 0 fully saturated rings. The van der Waals surface area contributed by atoms with Crippen LogP contribution in [0.4, 0.5) is 0 Å². The van der Waals surface area contributed by atoms with E-state index in [9.17, 15) is 0 Å². The van der Waals surface area contributed by atoms with E-state index in [1.165, 1.54) is 0 Å². The van der Waals surface area contributed by atoms with E-state index in [2.05, 4.69) is 29.3 Å². The van der Waals surface area contributed by atoms with Gasteiger partial charge in [0.15, 0.2) is 5.82 Å². The van der Waals surface area contributed by atoms with Crippen LogP contribution >= 0.6 is 0 Å². The number of aromatic nitrogens is 2. The topological polar surface area (TPSA) is 51.0 Å². The van der Waals surface area contributed by atoms with E-state index in [-0.39, 0.29) is 0 Å². The molecule has 1 heterocycles. The van der Waals surface area contributed by atoms with Crippen molar-refractivity contribution >= 4 is 0 Å². The summed E-state index contributed by atoms with van der Waals surface area (Å²) in [5, 5.41) is 7.01. The van der Waals surface area contributed by atoms with Gasteiger partial charge in [0.05, 0.1) is 0 Å². The Labute approximate surface area is 85.1 Å². The minimum atomic E-state index is 0.422. The smallest absolute Gasteiger partial charge is 0.229 e. The van der Waals surface area contributed by atoms with Gasteiger partial charge in [0.25, 0.3) is 0 Å². The van der Waals surface area contributed by atoms with Gasteiger partial charge in [-0.05, 0) is 19.9 Å². The fourth-order valence-corrected chi connectivity index (χ4v) is 1.41. The second kappa shape index (κ2) is 5.75. The average Bonchev–Trinajstić information content (AvgIpc) is 2.65. The molecule has 1 aromatic heterocycles. The van der Waals surface area contributed by atoms with Gasteiger partial charge in [-0.3, -0.25) is 0 Å². The van der Waals surface area contributed by atoms with Gasteiger partial charge in [-0.15, -0.1) is 0 Å². The Morgan fingerprint density at radius 2 is 2.07 bits per heavy atom. The molecule has 1 aromatic rings. The van der Waals surface area contributed by atoms with Gasteiger partial charge in [-0.25, -0.2) is 0 Å². The maximum atomic E-state index is 5.22. The standard InChI is InChI=1S/C10H19N3O/c1-4-8(5-2)10-12-9(13-14-10)6-7-11-3/h8,11H,4-7H2,1-3H3. The predicted molar refractivity (Wildman–Crippen MR) is 55.3 cm³/mol. The number of nitrogens with one attached hydrogen (secondary N) is 1. The van der Waals surface area contributed by atoms with Gasteiger partial charge < -0.3 is 9.84 Å². The lowest BCUT2D eigenvalue weighted by atomic mass is 10.0. The number of likely N-dealkylation sites (N-methyl/N-ethyl adjacent to an activating group) is 1. The molecule has 14 heavy (non-hydrogen) atoms. The van der Waals surface area contributed by atoms with Crippen LogP contribution in [0.3, 0.4) is 0 Å². The van der Waals surface area contributed by atoms with Crippen LogP contribution in [0.1, 0.15) is 44.3 Å². The lowest BCUT2D eigenvalue weighted by molar-refractivity contribution is 0.342. The van der Waals surface area contributed by atoms with Crippen LogP contribution in [-0.2, 0) is 6.42 Å². The van der Waals surface area contributed by atoms with Gasteiger partial charge in [-0.1, -0.05) is 19.0 Å². The Hall–Kier alpha value is -0.900. The predicted octanol–water partition coefficient (Wildman–Crippen LogP) is 1.74. The molecule has 0 radical (unpaired) electrons. The van der Waals surface area contributed by atoms with E-state index >= 15 is 0 Å². The van der Waals surface area contributed by atoms with Crippen molar-refractivity contribution in [2.45, 2.75) is 39.0 Å². The summed E-state index contributed by atoms with van der Waals surface area (Å²) in [5.74, 6) is 2.02. The summed E-state index contributed by atoms with van der Waals surface area (Å²) in [5.41, 5.74) is 0. The minimum absolute atomic E-state index is 0.422. The quantitative estimate of drug-likeness (QED) is 0.754. The Morgan fingerprint density at radius 1 is 1.36 bits per heavy atom. The van der Waals surface area contributed by atoms with Crippen molar-refractivity contribution in [2.24, 2.45) is 0 Å².